The summed E-state index contributed by atoms with van der Waals surface area (Å²) in [4.78, 5) is 8.81. The number of aromatic nitrogens is 1. The summed E-state index contributed by atoms with van der Waals surface area (Å²) in [5, 5.41) is 7.55. The lowest BCUT2D eigenvalue weighted by Crippen LogP contribution is -2.38. The van der Waals surface area contributed by atoms with E-state index in [4.69, 9.17) is 32.4 Å². The van der Waals surface area contributed by atoms with Crippen LogP contribution in [0.4, 0.5) is 0 Å². The normalized spacial score (nSPS) is 11.5. The average Bonchev–Trinajstić information content (AvgIpc) is 2.92. The first kappa shape index (κ1) is 20.4. The topological polar surface area (TPSA) is 71.7 Å². The van der Waals surface area contributed by atoms with Crippen molar-refractivity contribution in [2.45, 2.75) is 33.7 Å². The van der Waals surface area contributed by atoms with Crippen molar-refractivity contribution in [2.24, 2.45) is 4.99 Å². The molecule has 6 nitrogen and oxygen atoms in total. The number of hydrogen-bond donors (Lipinski definition) is 2. The highest BCUT2D eigenvalue weighted by Crippen LogP contribution is 2.27. The van der Waals surface area contributed by atoms with Gasteiger partial charge in [-0.15, -0.1) is 0 Å². The molecule has 0 aliphatic heterocycles. The lowest BCUT2D eigenvalue weighted by Gasteiger charge is -2.12. The predicted octanol–water partition coefficient (Wildman–Crippen LogP) is 4.12. The van der Waals surface area contributed by atoms with Gasteiger partial charge >= 0.3 is 0 Å². The van der Waals surface area contributed by atoms with Crippen molar-refractivity contribution >= 4 is 29.2 Å². The standard InChI is InChI=1S/C18H24Cl2N4O2/c1-4-21-18(23-11-17-24-12(2)13(3)26-17)22-8-5-9-25-16-7-6-14(19)10-15(16)20/h6-7,10H,4-5,8-9,11H2,1-3H3,(H2,21,22,23). The number of nitrogens with one attached hydrogen (secondary N) is 2. The summed E-state index contributed by atoms with van der Waals surface area (Å²) in [5.41, 5.74) is 0.895. The van der Waals surface area contributed by atoms with Gasteiger partial charge in [0.1, 0.15) is 18.1 Å². The predicted molar refractivity (Wildman–Crippen MR) is 105 cm³/mol. The first-order valence-corrected chi connectivity index (χ1v) is 9.28. The summed E-state index contributed by atoms with van der Waals surface area (Å²) < 4.78 is 11.2. The molecule has 0 fully saturated rings. The zero-order valence-electron chi connectivity index (χ0n) is 15.2. The number of oxazole rings is 1. The molecule has 0 saturated carbocycles. The van der Waals surface area contributed by atoms with Crippen LogP contribution in [0.5, 0.6) is 5.75 Å². The van der Waals surface area contributed by atoms with Crippen LogP contribution in [-0.4, -0.2) is 30.6 Å². The van der Waals surface area contributed by atoms with E-state index in [1.807, 2.05) is 20.8 Å². The molecule has 2 aromatic rings. The Hall–Kier alpha value is -1.92. The summed E-state index contributed by atoms with van der Waals surface area (Å²) in [6.45, 7) is 8.23. The summed E-state index contributed by atoms with van der Waals surface area (Å²) in [5.74, 6) is 2.78. The molecule has 0 radical (unpaired) electrons. The van der Waals surface area contributed by atoms with Gasteiger partial charge in [0.15, 0.2) is 5.96 Å². The molecule has 0 unspecified atom stereocenters. The van der Waals surface area contributed by atoms with Crippen LogP contribution in [0, 0.1) is 13.8 Å². The van der Waals surface area contributed by atoms with E-state index < -0.39 is 0 Å². The second-order valence-electron chi connectivity index (χ2n) is 5.65. The first-order chi connectivity index (χ1) is 12.5. The molecule has 0 saturated heterocycles. The van der Waals surface area contributed by atoms with Gasteiger partial charge < -0.3 is 19.8 Å². The number of guanidine groups is 1. The van der Waals surface area contributed by atoms with Gasteiger partial charge in [-0.1, -0.05) is 23.2 Å². The third-order valence-electron chi connectivity index (χ3n) is 3.55. The Balaban J connectivity index is 1.76. The molecule has 26 heavy (non-hydrogen) atoms. The molecule has 2 rings (SSSR count). The highest BCUT2D eigenvalue weighted by atomic mass is 35.5. The number of aryl methyl sites for hydroxylation is 2. The first-order valence-electron chi connectivity index (χ1n) is 8.52. The van der Waals surface area contributed by atoms with Gasteiger partial charge in [0.25, 0.3) is 0 Å². The van der Waals surface area contributed by atoms with Crippen molar-refractivity contribution in [3.63, 3.8) is 0 Å². The Kier molecular flexibility index (Phi) is 8.06. The van der Waals surface area contributed by atoms with Crippen molar-refractivity contribution in [1.82, 2.24) is 15.6 Å². The summed E-state index contributed by atoms with van der Waals surface area (Å²) in [7, 11) is 0. The molecule has 0 bridgehead atoms. The average molecular weight is 399 g/mol. The van der Waals surface area contributed by atoms with Gasteiger partial charge in [-0.2, -0.15) is 0 Å². The van der Waals surface area contributed by atoms with Crippen LogP contribution in [0.1, 0.15) is 30.7 Å². The number of hydrogen-bond acceptors (Lipinski definition) is 4. The molecular formula is C18H24Cl2N4O2. The van der Waals surface area contributed by atoms with E-state index in [0.717, 1.165) is 24.4 Å². The maximum Gasteiger partial charge on any atom is 0.216 e. The lowest BCUT2D eigenvalue weighted by molar-refractivity contribution is 0.311. The molecule has 0 aliphatic carbocycles. The Bertz CT molecular complexity index is 727. The lowest BCUT2D eigenvalue weighted by atomic mass is 10.3. The van der Waals surface area contributed by atoms with Crippen molar-refractivity contribution in [3.05, 3.63) is 45.6 Å². The van der Waals surface area contributed by atoms with Crippen LogP contribution >= 0.6 is 23.2 Å². The fraction of sp³-hybridized carbons (Fsp3) is 0.444. The number of halogens is 2. The quantitative estimate of drug-likeness (QED) is 0.397. The number of rotatable bonds is 8. The van der Waals surface area contributed by atoms with E-state index in [1.165, 1.54) is 0 Å². The highest BCUT2D eigenvalue weighted by molar-refractivity contribution is 6.35. The Morgan fingerprint density at radius 2 is 2.08 bits per heavy atom. The molecule has 0 spiro atoms. The number of ether oxygens (including phenoxy) is 1. The summed E-state index contributed by atoms with van der Waals surface area (Å²) in [6, 6.07) is 5.19. The number of aliphatic imine (C=N–C) groups is 1. The van der Waals surface area contributed by atoms with E-state index in [9.17, 15) is 0 Å². The molecule has 142 valence electrons. The van der Waals surface area contributed by atoms with Crippen LogP contribution in [0.3, 0.4) is 0 Å². The monoisotopic (exact) mass is 398 g/mol. The van der Waals surface area contributed by atoms with Gasteiger partial charge in [-0.25, -0.2) is 9.98 Å². The zero-order valence-corrected chi connectivity index (χ0v) is 16.7. The van der Waals surface area contributed by atoms with Crippen molar-refractivity contribution in [3.8, 4) is 5.75 Å². The largest absolute Gasteiger partial charge is 0.492 e. The Morgan fingerprint density at radius 3 is 2.73 bits per heavy atom. The third kappa shape index (κ3) is 6.42. The molecule has 1 aromatic heterocycles. The number of benzene rings is 1. The fourth-order valence-corrected chi connectivity index (χ4v) is 2.61. The van der Waals surface area contributed by atoms with Crippen molar-refractivity contribution in [1.29, 1.82) is 0 Å². The summed E-state index contributed by atoms with van der Waals surface area (Å²) >= 11 is 11.9. The minimum Gasteiger partial charge on any atom is -0.492 e. The van der Waals surface area contributed by atoms with Gasteiger partial charge in [0, 0.05) is 18.1 Å². The second-order valence-corrected chi connectivity index (χ2v) is 6.49. The second kappa shape index (κ2) is 10.3. The maximum atomic E-state index is 6.08. The van der Waals surface area contributed by atoms with Crippen molar-refractivity contribution in [2.75, 3.05) is 19.7 Å². The Labute approximate surface area is 164 Å². The van der Waals surface area contributed by atoms with E-state index in [2.05, 4.69) is 20.6 Å². The molecule has 1 aromatic carbocycles. The van der Waals surface area contributed by atoms with E-state index in [-0.39, 0.29) is 0 Å². The summed E-state index contributed by atoms with van der Waals surface area (Å²) in [6.07, 6.45) is 0.792. The molecular weight excluding hydrogens is 375 g/mol. The van der Waals surface area contributed by atoms with Crippen LogP contribution < -0.4 is 15.4 Å². The SMILES string of the molecule is CCNC(=NCc1nc(C)c(C)o1)NCCCOc1ccc(Cl)cc1Cl. The van der Waals surface area contributed by atoms with E-state index in [0.29, 0.717) is 47.3 Å². The minimum atomic E-state index is 0.390. The van der Waals surface area contributed by atoms with Gasteiger partial charge in [0.05, 0.1) is 17.3 Å². The third-order valence-corrected chi connectivity index (χ3v) is 4.08. The van der Waals surface area contributed by atoms with Gasteiger partial charge in [-0.3, -0.25) is 0 Å². The Morgan fingerprint density at radius 1 is 1.27 bits per heavy atom. The van der Waals surface area contributed by atoms with E-state index in [1.54, 1.807) is 18.2 Å². The zero-order chi connectivity index (χ0) is 18.9. The van der Waals surface area contributed by atoms with Crippen molar-refractivity contribution < 1.29 is 9.15 Å². The van der Waals surface area contributed by atoms with Gasteiger partial charge in [-0.05, 0) is 45.4 Å². The van der Waals surface area contributed by atoms with E-state index >= 15 is 0 Å². The minimum absolute atomic E-state index is 0.390. The molecule has 0 amide bonds. The highest BCUT2D eigenvalue weighted by Gasteiger charge is 2.06. The fourth-order valence-electron chi connectivity index (χ4n) is 2.15. The van der Waals surface area contributed by atoms with Gasteiger partial charge in [0.2, 0.25) is 5.89 Å². The maximum absolute atomic E-state index is 6.08. The van der Waals surface area contributed by atoms with Crippen LogP contribution in [0.15, 0.2) is 27.6 Å². The molecule has 1 heterocycles. The van der Waals surface area contributed by atoms with Crippen LogP contribution in [0.25, 0.3) is 0 Å². The van der Waals surface area contributed by atoms with Crippen LogP contribution in [0.2, 0.25) is 10.0 Å². The number of nitrogens with zero attached hydrogens (tertiary/aromatic N) is 2. The molecule has 2 N–H and O–H groups in total. The smallest absolute Gasteiger partial charge is 0.216 e. The molecule has 0 atom stereocenters. The van der Waals surface area contributed by atoms with Crippen LogP contribution in [-0.2, 0) is 6.54 Å². The molecule has 0 aliphatic rings. The molecule has 8 heteroatoms.